The zero-order chi connectivity index (χ0) is 26.1. The second kappa shape index (κ2) is 10.0. The second-order valence-corrected chi connectivity index (χ2v) is 9.86. The molecule has 2 atom stereocenters. The van der Waals surface area contributed by atoms with Crippen LogP contribution in [-0.2, 0) is 28.5 Å². The van der Waals surface area contributed by atoms with Gasteiger partial charge in [0.1, 0.15) is 33.9 Å². The lowest BCUT2D eigenvalue weighted by molar-refractivity contribution is -0.141. The van der Waals surface area contributed by atoms with E-state index in [0.29, 0.717) is 24.3 Å². The van der Waals surface area contributed by atoms with Crippen LogP contribution in [0.5, 0.6) is 0 Å². The van der Waals surface area contributed by atoms with Gasteiger partial charge in [0, 0.05) is 23.9 Å². The van der Waals surface area contributed by atoms with Gasteiger partial charge in [-0.1, -0.05) is 6.07 Å². The molecule has 0 aliphatic carbocycles. The Bertz CT molecular complexity index is 1290. The largest absolute Gasteiger partial charge is 0.433 e. The van der Waals surface area contributed by atoms with Gasteiger partial charge in [0.15, 0.2) is 0 Å². The Morgan fingerprint density at radius 3 is 2.47 bits per heavy atom. The molecule has 36 heavy (non-hydrogen) atoms. The average Bonchev–Trinajstić information content (AvgIpc) is 3.25. The van der Waals surface area contributed by atoms with Crippen LogP contribution in [0.1, 0.15) is 31.2 Å². The first-order valence-corrected chi connectivity index (χ1v) is 12.0. The summed E-state index contributed by atoms with van der Waals surface area (Å²) in [7, 11) is -1.69. The van der Waals surface area contributed by atoms with Crippen molar-refractivity contribution in [3.8, 4) is 11.1 Å². The van der Waals surface area contributed by atoms with E-state index < -0.39 is 45.9 Å². The molecule has 1 aliphatic heterocycles. The van der Waals surface area contributed by atoms with Crippen LogP contribution < -0.4 is 5.32 Å². The Morgan fingerprint density at radius 1 is 1.11 bits per heavy atom. The van der Waals surface area contributed by atoms with Crippen LogP contribution in [0.2, 0.25) is 0 Å². The van der Waals surface area contributed by atoms with Crippen molar-refractivity contribution in [1.29, 1.82) is 0 Å². The second-order valence-electron chi connectivity index (χ2n) is 8.45. The Kier molecular flexibility index (Phi) is 7.19. The minimum atomic E-state index is -4.62. The molecule has 0 saturated carbocycles. The minimum absolute atomic E-state index is 0.0124. The Labute approximate surface area is 206 Å². The van der Waals surface area contributed by atoms with E-state index in [0.717, 1.165) is 24.5 Å². The van der Waals surface area contributed by atoms with Crippen LogP contribution in [0.4, 0.5) is 22.0 Å². The predicted octanol–water partition coefficient (Wildman–Crippen LogP) is 4.63. The fourth-order valence-corrected chi connectivity index (χ4v) is 5.45. The maximum atomic E-state index is 14.4. The highest BCUT2D eigenvalue weighted by Crippen LogP contribution is 2.33. The van der Waals surface area contributed by atoms with Crippen molar-refractivity contribution in [2.24, 2.45) is 0 Å². The summed E-state index contributed by atoms with van der Waals surface area (Å²) in [5.41, 5.74) is -1.83. The van der Waals surface area contributed by atoms with Crippen molar-refractivity contribution in [3.63, 3.8) is 0 Å². The van der Waals surface area contributed by atoms with Crippen molar-refractivity contribution in [2.45, 2.75) is 42.9 Å². The maximum Gasteiger partial charge on any atom is 0.433 e. The lowest BCUT2D eigenvalue weighted by Crippen LogP contribution is -2.53. The van der Waals surface area contributed by atoms with E-state index in [1.54, 1.807) is 11.2 Å². The number of carbonyl (C=O) groups is 1. The lowest BCUT2D eigenvalue weighted by atomic mass is 9.99. The van der Waals surface area contributed by atoms with Crippen LogP contribution in [-0.4, -0.2) is 36.5 Å². The van der Waals surface area contributed by atoms with Crippen molar-refractivity contribution in [3.05, 3.63) is 77.9 Å². The number of nitrogens with one attached hydrogen (secondary N) is 1. The normalized spacial score (nSPS) is 19.3. The molecule has 12 heteroatoms. The lowest BCUT2D eigenvalue weighted by Gasteiger charge is -2.32. The molecule has 4 rings (SSSR count). The van der Waals surface area contributed by atoms with Crippen molar-refractivity contribution in [2.75, 3.05) is 6.54 Å². The number of alkyl halides is 3. The Morgan fingerprint density at radius 2 is 1.83 bits per heavy atom. The smallest absolute Gasteiger partial charge is 0.349 e. The monoisotopic (exact) mass is 524 g/mol. The van der Waals surface area contributed by atoms with Gasteiger partial charge < -0.3 is 5.32 Å². The van der Waals surface area contributed by atoms with E-state index in [1.807, 2.05) is 0 Å². The van der Waals surface area contributed by atoms with Gasteiger partial charge in [-0.15, -0.1) is 0 Å². The van der Waals surface area contributed by atoms with Gasteiger partial charge in [0.2, 0.25) is 5.91 Å². The molecule has 190 valence electrons. The van der Waals surface area contributed by atoms with Gasteiger partial charge in [-0.3, -0.25) is 14.8 Å². The summed E-state index contributed by atoms with van der Waals surface area (Å²) in [6.45, 7) is 1.97. The average molecular weight is 525 g/mol. The molecule has 1 aliphatic rings. The number of halogens is 5. The molecule has 6 nitrogen and oxygen atoms in total. The molecule has 0 radical (unpaired) electrons. The predicted molar refractivity (Wildman–Crippen MR) is 121 cm³/mol. The third-order valence-corrected chi connectivity index (χ3v) is 7.65. The molecule has 0 spiro atoms. The Balaban J connectivity index is 1.48. The van der Waals surface area contributed by atoms with E-state index in [1.165, 1.54) is 30.3 Å². The first-order chi connectivity index (χ1) is 17.0. The third-order valence-electron chi connectivity index (χ3n) is 5.99. The van der Waals surface area contributed by atoms with Gasteiger partial charge in [-0.2, -0.15) is 13.2 Å². The van der Waals surface area contributed by atoms with Crippen LogP contribution in [0, 0.1) is 11.6 Å². The summed E-state index contributed by atoms with van der Waals surface area (Å²) in [4.78, 5) is 20.8. The summed E-state index contributed by atoms with van der Waals surface area (Å²) >= 11 is 0. The molecular weight excluding hydrogens is 503 g/mol. The standard InChI is InChI=1S/C24H21F5N4O2S/c1-23(9-2-10-33(23)36(35)18-6-4-16(25)5-7-18)22(34)32-13-17-11-19(20(26)14-30-17)15-3-8-21(31-12-15)24(27,28)29/h3-8,11-12,14H,2,9-10,13H2,1H3,(H,32,34)/t23-,36?/m0/s1. The number of aromatic nitrogens is 2. The molecule has 3 heterocycles. The quantitative estimate of drug-likeness (QED) is 0.477. The van der Waals surface area contributed by atoms with Crippen LogP contribution in [0.25, 0.3) is 11.1 Å². The zero-order valence-corrected chi connectivity index (χ0v) is 19.8. The van der Waals surface area contributed by atoms with E-state index in [-0.39, 0.29) is 23.4 Å². The van der Waals surface area contributed by atoms with E-state index in [9.17, 15) is 31.0 Å². The van der Waals surface area contributed by atoms with Gasteiger partial charge in [0.25, 0.3) is 0 Å². The zero-order valence-electron chi connectivity index (χ0n) is 19.0. The van der Waals surface area contributed by atoms with Gasteiger partial charge >= 0.3 is 6.18 Å². The molecule has 1 aromatic carbocycles. The van der Waals surface area contributed by atoms with Gasteiger partial charge in [-0.05, 0) is 56.2 Å². The number of hydrogen-bond donors (Lipinski definition) is 1. The van der Waals surface area contributed by atoms with Crippen LogP contribution >= 0.6 is 0 Å². The number of pyridine rings is 2. The van der Waals surface area contributed by atoms with E-state index >= 15 is 0 Å². The van der Waals surface area contributed by atoms with Crippen molar-refractivity contribution in [1.82, 2.24) is 19.6 Å². The molecule has 1 unspecified atom stereocenters. The van der Waals surface area contributed by atoms with Crippen LogP contribution in [0.3, 0.4) is 0 Å². The first-order valence-electron chi connectivity index (χ1n) is 10.9. The van der Waals surface area contributed by atoms with Gasteiger partial charge in [-0.25, -0.2) is 17.3 Å². The van der Waals surface area contributed by atoms with Gasteiger partial charge in [0.05, 0.1) is 23.3 Å². The number of amides is 1. The van der Waals surface area contributed by atoms with E-state index in [4.69, 9.17) is 0 Å². The first kappa shape index (κ1) is 25.8. The highest BCUT2D eigenvalue weighted by molar-refractivity contribution is 7.82. The fraction of sp³-hybridized carbons (Fsp3) is 0.292. The molecule has 2 aromatic heterocycles. The SMILES string of the molecule is C[C@@]1(C(=O)NCc2cc(-c3ccc(C(F)(F)F)nc3)c(F)cn2)CCCN1S(=O)c1ccc(F)cc1. The highest BCUT2D eigenvalue weighted by Gasteiger charge is 2.46. The molecule has 1 fully saturated rings. The van der Waals surface area contributed by atoms with E-state index in [2.05, 4.69) is 15.3 Å². The molecule has 1 amide bonds. The number of carbonyl (C=O) groups excluding carboxylic acids is 1. The number of hydrogen-bond acceptors (Lipinski definition) is 4. The number of rotatable bonds is 6. The molecule has 3 aromatic rings. The molecule has 1 saturated heterocycles. The summed E-state index contributed by atoms with van der Waals surface area (Å²) in [5.74, 6) is -1.63. The van der Waals surface area contributed by atoms with Crippen LogP contribution in [0.15, 0.2) is 59.8 Å². The van der Waals surface area contributed by atoms with Crippen molar-refractivity contribution >= 4 is 16.9 Å². The minimum Gasteiger partial charge on any atom is -0.349 e. The fourth-order valence-electron chi connectivity index (χ4n) is 3.99. The number of benzene rings is 1. The highest BCUT2D eigenvalue weighted by atomic mass is 32.2. The summed E-state index contributed by atoms with van der Waals surface area (Å²) in [6, 6.07) is 8.40. The summed E-state index contributed by atoms with van der Waals surface area (Å²) in [6.07, 6.45) is -1.72. The topological polar surface area (TPSA) is 75.2 Å². The maximum absolute atomic E-state index is 14.4. The Hall–Kier alpha value is -3.25. The summed E-state index contributed by atoms with van der Waals surface area (Å²) in [5, 5.41) is 2.73. The summed E-state index contributed by atoms with van der Waals surface area (Å²) < 4.78 is 80.5. The molecule has 1 N–H and O–H groups in total. The third kappa shape index (κ3) is 5.29. The van der Waals surface area contributed by atoms with Crippen molar-refractivity contribution < 1.29 is 31.0 Å². The molecule has 0 bridgehead atoms. The molecular formula is C24H21F5N4O2S. The number of nitrogens with zero attached hydrogens (tertiary/aromatic N) is 3.